The molecule has 164 valence electrons. The van der Waals surface area contributed by atoms with Crippen LogP contribution in [0.25, 0.3) is 0 Å². The standard InChI is InChI=1S/C26H28N4O2/c27-22-9-11-24(12-10-22)30(26(32)21-6-2-1-3-7-21)18-19-5-4-8-23(17-19)29-25(31)20-13-15-28-16-14-20/h1-8,13-17,22,24H,9-12,18,27H2,(H,29,31). The van der Waals surface area contributed by atoms with Crippen LogP contribution >= 0.6 is 0 Å². The minimum absolute atomic E-state index is 0.0253. The van der Waals surface area contributed by atoms with Crippen molar-refractivity contribution in [1.82, 2.24) is 9.88 Å². The van der Waals surface area contributed by atoms with Crippen LogP contribution in [0.3, 0.4) is 0 Å². The van der Waals surface area contributed by atoms with Crippen LogP contribution in [0.1, 0.15) is 52.0 Å². The van der Waals surface area contributed by atoms with Crippen LogP contribution < -0.4 is 11.1 Å². The van der Waals surface area contributed by atoms with Crippen LogP contribution in [-0.2, 0) is 6.54 Å². The highest BCUT2D eigenvalue weighted by Crippen LogP contribution is 2.26. The van der Waals surface area contributed by atoms with Crippen molar-refractivity contribution in [2.75, 3.05) is 5.32 Å². The molecule has 1 aliphatic rings. The molecule has 1 aliphatic carbocycles. The molecule has 0 saturated heterocycles. The fraction of sp³-hybridized carbons (Fsp3) is 0.269. The van der Waals surface area contributed by atoms with E-state index in [4.69, 9.17) is 5.73 Å². The number of aromatic nitrogens is 1. The van der Waals surface area contributed by atoms with Crippen LogP contribution in [0.15, 0.2) is 79.1 Å². The molecule has 4 rings (SSSR count). The van der Waals surface area contributed by atoms with Gasteiger partial charge in [-0.2, -0.15) is 0 Å². The fourth-order valence-corrected chi connectivity index (χ4v) is 4.18. The maximum atomic E-state index is 13.4. The summed E-state index contributed by atoms with van der Waals surface area (Å²) in [5.74, 6) is -0.166. The Bertz CT molecular complexity index is 1050. The number of anilines is 1. The number of rotatable bonds is 6. The molecule has 3 N–H and O–H groups in total. The summed E-state index contributed by atoms with van der Waals surface area (Å²) in [4.78, 5) is 31.8. The second kappa shape index (κ2) is 10.2. The Morgan fingerprint density at radius 1 is 0.906 bits per heavy atom. The van der Waals surface area contributed by atoms with Crippen molar-refractivity contribution in [3.8, 4) is 0 Å². The van der Waals surface area contributed by atoms with E-state index in [-0.39, 0.29) is 23.9 Å². The van der Waals surface area contributed by atoms with Crippen LogP contribution in [0.4, 0.5) is 5.69 Å². The van der Waals surface area contributed by atoms with E-state index >= 15 is 0 Å². The number of carbonyl (C=O) groups excluding carboxylic acids is 2. The molecule has 6 heteroatoms. The van der Waals surface area contributed by atoms with Crippen molar-refractivity contribution < 1.29 is 9.59 Å². The maximum Gasteiger partial charge on any atom is 0.255 e. The predicted molar refractivity (Wildman–Crippen MR) is 125 cm³/mol. The van der Waals surface area contributed by atoms with Gasteiger partial charge >= 0.3 is 0 Å². The number of nitrogens with zero attached hydrogens (tertiary/aromatic N) is 2. The Morgan fingerprint density at radius 2 is 1.62 bits per heavy atom. The molecule has 1 fully saturated rings. The average molecular weight is 429 g/mol. The summed E-state index contributed by atoms with van der Waals surface area (Å²) < 4.78 is 0. The summed E-state index contributed by atoms with van der Waals surface area (Å²) in [5.41, 5.74) is 9.00. The summed E-state index contributed by atoms with van der Waals surface area (Å²) in [6.45, 7) is 0.479. The number of nitrogens with two attached hydrogens (primary N) is 1. The van der Waals surface area contributed by atoms with Crippen molar-refractivity contribution in [1.29, 1.82) is 0 Å². The quantitative estimate of drug-likeness (QED) is 0.614. The molecule has 1 heterocycles. The van der Waals surface area contributed by atoms with E-state index < -0.39 is 0 Å². The molecule has 2 amide bonds. The molecule has 0 atom stereocenters. The van der Waals surface area contributed by atoms with Crippen molar-refractivity contribution in [2.45, 2.75) is 44.3 Å². The van der Waals surface area contributed by atoms with Crippen molar-refractivity contribution in [2.24, 2.45) is 5.73 Å². The summed E-state index contributed by atoms with van der Waals surface area (Å²) >= 11 is 0. The smallest absolute Gasteiger partial charge is 0.255 e. The molecule has 0 aliphatic heterocycles. The summed E-state index contributed by atoms with van der Waals surface area (Å²) in [7, 11) is 0. The lowest BCUT2D eigenvalue weighted by Gasteiger charge is -2.36. The number of pyridine rings is 1. The number of hydrogen-bond acceptors (Lipinski definition) is 4. The van der Waals surface area contributed by atoms with Gasteiger partial charge in [0.25, 0.3) is 11.8 Å². The van der Waals surface area contributed by atoms with E-state index in [2.05, 4.69) is 10.3 Å². The second-order valence-corrected chi connectivity index (χ2v) is 8.26. The summed E-state index contributed by atoms with van der Waals surface area (Å²) in [6.07, 6.45) is 6.83. The SMILES string of the molecule is NC1CCC(N(Cc2cccc(NC(=O)c3ccncc3)c2)C(=O)c2ccccc2)CC1. The first-order chi connectivity index (χ1) is 15.6. The van der Waals surface area contributed by atoms with Gasteiger partial charge in [-0.25, -0.2) is 0 Å². The molecular weight excluding hydrogens is 400 g/mol. The van der Waals surface area contributed by atoms with Gasteiger partial charge < -0.3 is 16.0 Å². The number of carbonyl (C=O) groups is 2. The third-order valence-electron chi connectivity index (χ3n) is 5.94. The van der Waals surface area contributed by atoms with Gasteiger partial charge in [-0.15, -0.1) is 0 Å². The minimum Gasteiger partial charge on any atom is -0.331 e. The lowest BCUT2D eigenvalue weighted by atomic mass is 9.90. The monoisotopic (exact) mass is 428 g/mol. The topological polar surface area (TPSA) is 88.3 Å². The van der Waals surface area contributed by atoms with Gasteiger partial charge in [-0.05, 0) is 67.6 Å². The van der Waals surface area contributed by atoms with Crippen LogP contribution in [0.2, 0.25) is 0 Å². The highest BCUT2D eigenvalue weighted by Gasteiger charge is 2.28. The fourth-order valence-electron chi connectivity index (χ4n) is 4.18. The Hall–Kier alpha value is -3.51. The molecule has 6 nitrogen and oxygen atoms in total. The van der Waals surface area contributed by atoms with Gasteiger partial charge in [0, 0.05) is 47.8 Å². The zero-order valence-corrected chi connectivity index (χ0v) is 18.0. The Kier molecular flexibility index (Phi) is 6.92. The van der Waals surface area contributed by atoms with Crippen molar-refractivity contribution in [3.05, 3.63) is 95.8 Å². The largest absolute Gasteiger partial charge is 0.331 e. The molecule has 3 aromatic rings. The summed E-state index contributed by atoms with van der Waals surface area (Å²) in [6, 6.07) is 20.8. The number of nitrogens with one attached hydrogen (secondary N) is 1. The van der Waals surface area contributed by atoms with Gasteiger partial charge in [0.05, 0.1) is 0 Å². The zero-order chi connectivity index (χ0) is 22.3. The molecule has 0 unspecified atom stereocenters. The molecule has 0 bridgehead atoms. The van der Waals surface area contributed by atoms with Gasteiger partial charge in [0.15, 0.2) is 0 Å². The molecule has 1 aromatic heterocycles. The van der Waals surface area contributed by atoms with Crippen molar-refractivity contribution >= 4 is 17.5 Å². The molecule has 0 radical (unpaired) electrons. The molecule has 2 aromatic carbocycles. The minimum atomic E-state index is -0.192. The molecule has 1 saturated carbocycles. The number of amides is 2. The lowest BCUT2D eigenvalue weighted by Crippen LogP contribution is -2.43. The molecular formula is C26H28N4O2. The first-order valence-corrected chi connectivity index (χ1v) is 11.0. The third kappa shape index (κ3) is 5.39. The third-order valence-corrected chi connectivity index (χ3v) is 5.94. The normalized spacial score (nSPS) is 18.0. The Labute approximate surface area is 188 Å². The molecule has 32 heavy (non-hydrogen) atoms. The van der Waals surface area contributed by atoms with E-state index in [9.17, 15) is 9.59 Å². The van der Waals surface area contributed by atoms with E-state index in [0.717, 1.165) is 31.2 Å². The maximum absolute atomic E-state index is 13.4. The van der Waals surface area contributed by atoms with Crippen LogP contribution in [0, 0.1) is 0 Å². The van der Waals surface area contributed by atoms with Gasteiger partial charge in [-0.1, -0.05) is 30.3 Å². The first kappa shape index (κ1) is 21.7. The lowest BCUT2D eigenvalue weighted by molar-refractivity contribution is 0.0606. The second-order valence-electron chi connectivity index (χ2n) is 8.26. The highest BCUT2D eigenvalue weighted by molar-refractivity contribution is 6.04. The van der Waals surface area contributed by atoms with E-state index in [0.29, 0.717) is 23.4 Å². The zero-order valence-electron chi connectivity index (χ0n) is 18.0. The first-order valence-electron chi connectivity index (χ1n) is 11.0. The Morgan fingerprint density at radius 3 is 2.34 bits per heavy atom. The van der Waals surface area contributed by atoms with E-state index in [1.165, 1.54) is 0 Å². The van der Waals surface area contributed by atoms with Gasteiger partial charge in [0.2, 0.25) is 0 Å². The van der Waals surface area contributed by atoms with Crippen molar-refractivity contribution in [3.63, 3.8) is 0 Å². The number of hydrogen-bond donors (Lipinski definition) is 2. The number of benzene rings is 2. The highest BCUT2D eigenvalue weighted by atomic mass is 16.2. The molecule has 0 spiro atoms. The van der Waals surface area contributed by atoms with Gasteiger partial charge in [0.1, 0.15) is 0 Å². The Balaban J connectivity index is 1.53. The van der Waals surface area contributed by atoms with E-state index in [1.807, 2.05) is 59.5 Å². The predicted octanol–water partition coefficient (Wildman–Crippen LogP) is 4.25. The van der Waals surface area contributed by atoms with E-state index in [1.54, 1.807) is 24.5 Å². The van der Waals surface area contributed by atoms with Crippen LogP contribution in [0.5, 0.6) is 0 Å². The summed E-state index contributed by atoms with van der Waals surface area (Å²) in [5, 5.41) is 2.93. The van der Waals surface area contributed by atoms with Gasteiger partial charge in [-0.3, -0.25) is 14.6 Å². The average Bonchev–Trinajstić information content (AvgIpc) is 2.84. The van der Waals surface area contributed by atoms with Crippen LogP contribution in [-0.4, -0.2) is 33.8 Å².